The van der Waals surface area contributed by atoms with Gasteiger partial charge in [0.05, 0.1) is 0 Å². The van der Waals surface area contributed by atoms with Crippen LogP contribution in [0.15, 0.2) is 78.9 Å². The molecule has 0 bridgehead atoms. The van der Waals surface area contributed by atoms with Crippen LogP contribution in [0.3, 0.4) is 0 Å². The summed E-state index contributed by atoms with van der Waals surface area (Å²) < 4.78 is 5.97. The second-order valence-electron chi connectivity index (χ2n) is 7.60. The van der Waals surface area contributed by atoms with Gasteiger partial charge < -0.3 is 9.64 Å². The summed E-state index contributed by atoms with van der Waals surface area (Å²) in [5.41, 5.74) is 5.34. The predicted molar refractivity (Wildman–Crippen MR) is 130 cm³/mol. The standard InChI is InChI=1S/C27H33NO.ClH/c1-4-28(5-2)19-20-29-26-17-15-25(16-18-26)27(21-23-9-7-6-8-10-23)24-13-11-22(3)12-14-24;/h6-18,27H,4-5,19-21H2,1-3H3;1H. The van der Waals surface area contributed by atoms with E-state index in [-0.39, 0.29) is 12.4 Å². The SMILES string of the molecule is CCN(CC)CCOc1ccc(C(Cc2ccccc2)c2ccc(C)cc2)cc1.Cl. The normalized spacial score (nSPS) is 11.7. The van der Waals surface area contributed by atoms with Crippen molar-refractivity contribution in [2.24, 2.45) is 0 Å². The predicted octanol–water partition coefficient (Wildman–Crippen LogP) is 6.51. The molecular weight excluding hydrogens is 390 g/mol. The molecule has 0 radical (unpaired) electrons. The van der Waals surface area contributed by atoms with Crippen LogP contribution in [0, 0.1) is 6.92 Å². The number of nitrogens with zero attached hydrogens (tertiary/aromatic N) is 1. The van der Waals surface area contributed by atoms with Gasteiger partial charge in [0.2, 0.25) is 0 Å². The molecule has 0 aromatic heterocycles. The Bertz CT molecular complexity index is 842. The molecule has 0 saturated heterocycles. The number of aryl methyl sites for hydroxylation is 1. The zero-order valence-electron chi connectivity index (χ0n) is 18.4. The molecule has 0 heterocycles. The molecule has 3 rings (SSSR count). The van der Waals surface area contributed by atoms with Crippen molar-refractivity contribution in [1.29, 1.82) is 0 Å². The molecule has 0 spiro atoms. The average Bonchev–Trinajstić information content (AvgIpc) is 2.77. The molecule has 0 fully saturated rings. The van der Waals surface area contributed by atoms with E-state index in [0.717, 1.165) is 38.4 Å². The molecule has 0 saturated carbocycles. The van der Waals surface area contributed by atoms with Gasteiger partial charge in [-0.15, -0.1) is 12.4 Å². The van der Waals surface area contributed by atoms with Gasteiger partial charge in [-0.2, -0.15) is 0 Å². The number of ether oxygens (including phenoxy) is 1. The van der Waals surface area contributed by atoms with Gasteiger partial charge in [-0.3, -0.25) is 0 Å². The monoisotopic (exact) mass is 423 g/mol. The summed E-state index contributed by atoms with van der Waals surface area (Å²) in [6, 6.07) is 28.4. The Hall–Kier alpha value is -2.29. The number of hydrogen-bond acceptors (Lipinski definition) is 2. The van der Waals surface area contributed by atoms with E-state index in [2.05, 4.69) is 105 Å². The Kier molecular flexibility index (Phi) is 9.93. The van der Waals surface area contributed by atoms with Gasteiger partial charge in [-0.1, -0.05) is 86.1 Å². The Morgan fingerprint density at radius 2 is 1.33 bits per heavy atom. The highest BCUT2D eigenvalue weighted by atomic mass is 35.5. The van der Waals surface area contributed by atoms with Gasteiger partial charge in [-0.05, 0) is 55.3 Å². The quantitative estimate of drug-likeness (QED) is 0.368. The molecule has 3 aromatic carbocycles. The van der Waals surface area contributed by atoms with Crippen LogP contribution < -0.4 is 4.74 Å². The number of halogens is 1. The average molecular weight is 424 g/mol. The van der Waals surface area contributed by atoms with Gasteiger partial charge in [0.25, 0.3) is 0 Å². The minimum Gasteiger partial charge on any atom is -0.492 e. The van der Waals surface area contributed by atoms with E-state index in [9.17, 15) is 0 Å². The van der Waals surface area contributed by atoms with Crippen molar-refractivity contribution in [3.63, 3.8) is 0 Å². The van der Waals surface area contributed by atoms with Crippen LogP contribution in [-0.4, -0.2) is 31.1 Å². The first-order chi connectivity index (χ1) is 14.2. The molecule has 3 heteroatoms. The first-order valence-corrected chi connectivity index (χ1v) is 10.7. The Morgan fingerprint density at radius 1 is 0.767 bits per heavy atom. The lowest BCUT2D eigenvalue weighted by atomic mass is 9.85. The van der Waals surface area contributed by atoms with Crippen molar-refractivity contribution in [3.8, 4) is 5.75 Å². The molecular formula is C27H34ClNO. The third-order valence-electron chi connectivity index (χ3n) is 5.62. The van der Waals surface area contributed by atoms with E-state index in [1.807, 2.05) is 0 Å². The fourth-order valence-electron chi connectivity index (χ4n) is 3.71. The summed E-state index contributed by atoms with van der Waals surface area (Å²) in [6.07, 6.45) is 0.992. The van der Waals surface area contributed by atoms with Crippen molar-refractivity contribution in [2.75, 3.05) is 26.2 Å². The summed E-state index contributed by atoms with van der Waals surface area (Å²) in [5, 5.41) is 0. The van der Waals surface area contributed by atoms with Crippen LogP contribution in [0.5, 0.6) is 5.75 Å². The zero-order valence-corrected chi connectivity index (χ0v) is 19.2. The van der Waals surface area contributed by atoms with E-state index < -0.39 is 0 Å². The molecule has 0 aliphatic heterocycles. The Balaban J connectivity index is 0.00000320. The van der Waals surface area contributed by atoms with Crippen LogP contribution in [0.1, 0.15) is 42.0 Å². The summed E-state index contributed by atoms with van der Waals surface area (Å²) >= 11 is 0. The van der Waals surface area contributed by atoms with Crippen molar-refractivity contribution in [1.82, 2.24) is 4.90 Å². The third kappa shape index (κ3) is 6.90. The minimum absolute atomic E-state index is 0. The largest absolute Gasteiger partial charge is 0.492 e. The number of likely N-dealkylation sites (N-methyl/N-ethyl adjacent to an activating group) is 1. The fraction of sp³-hybridized carbons (Fsp3) is 0.333. The smallest absolute Gasteiger partial charge is 0.119 e. The lowest BCUT2D eigenvalue weighted by Crippen LogP contribution is -2.27. The van der Waals surface area contributed by atoms with E-state index in [4.69, 9.17) is 4.74 Å². The second-order valence-corrected chi connectivity index (χ2v) is 7.60. The zero-order chi connectivity index (χ0) is 20.5. The molecule has 0 aliphatic carbocycles. The maximum Gasteiger partial charge on any atom is 0.119 e. The van der Waals surface area contributed by atoms with Crippen molar-refractivity contribution >= 4 is 12.4 Å². The number of benzene rings is 3. The van der Waals surface area contributed by atoms with E-state index >= 15 is 0 Å². The lowest BCUT2D eigenvalue weighted by molar-refractivity contribution is 0.223. The summed E-state index contributed by atoms with van der Waals surface area (Å²) in [6.45, 7) is 10.3. The minimum atomic E-state index is 0. The highest BCUT2D eigenvalue weighted by Gasteiger charge is 2.15. The summed E-state index contributed by atoms with van der Waals surface area (Å²) in [7, 11) is 0. The maximum absolute atomic E-state index is 5.97. The highest BCUT2D eigenvalue weighted by molar-refractivity contribution is 5.85. The molecule has 1 unspecified atom stereocenters. The summed E-state index contributed by atoms with van der Waals surface area (Å²) in [5.74, 6) is 1.28. The van der Waals surface area contributed by atoms with E-state index in [0.29, 0.717) is 5.92 Å². The van der Waals surface area contributed by atoms with E-state index in [1.165, 1.54) is 22.3 Å². The first kappa shape index (κ1) is 24.0. The molecule has 0 aliphatic rings. The Morgan fingerprint density at radius 3 is 1.90 bits per heavy atom. The third-order valence-corrected chi connectivity index (χ3v) is 5.62. The van der Waals surface area contributed by atoms with Gasteiger partial charge >= 0.3 is 0 Å². The van der Waals surface area contributed by atoms with Crippen LogP contribution in [0.2, 0.25) is 0 Å². The molecule has 0 N–H and O–H groups in total. The van der Waals surface area contributed by atoms with Crippen molar-refractivity contribution in [3.05, 3.63) is 101 Å². The highest BCUT2D eigenvalue weighted by Crippen LogP contribution is 2.30. The lowest BCUT2D eigenvalue weighted by Gasteiger charge is -2.20. The Labute approximate surface area is 188 Å². The molecule has 160 valence electrons. The molecule has 1 atom stereocenters. The van der Waals surface area contributed by atoms with Crippen LogP contribution in [0.4, 0.5) is 0 Å². The van der Waals surface area contributed by atoms with Crippen molar-refractivity contribution < 1.29 is 4.74 Å². The van der Waals surface area contributed by atoms with Gasteiger partial charge in [0, 0.05) is 12.5 Å². The molecule has 3 aromatic rings. The summed E-state index contributed by atoms with van der Waals surface area (Å²) in [4.78, 5) is 2.38. The van der Waals surface area contributed by atoms with Crippen LogP contribution >= 0.6 is 12.4 Å². The van der Waals surface area contributed by atoms with E-state index in [1.54, 1.807) is 0 Å². The molecule has 2 nitrogen and oxygen atoms in total. The molecule has 0 amide bonds. The molecule has 30 heavy (non-hydrogen) atoms. The fourth-order valence-corrected chi connectivity index (χ4v) is 3.71. The second kappa shape index (κ2) is 12.4. The number of hydrogen-bond donors (Lipinski definition) is 0. The van der Waals surface area contributed by atoms with Gasteiger partial charge in [0.1, 0.15) is 12.4 Å². The van der Waals surface area contributed by atoms with Gasteiger partial charge in [0.15, 0.2) is 0 Å². The van der Waals surface area contributed by atoms with Crippen molar-refractivity contribution in [2.45, 2.75) is 33.1 Å². The number of rotatable bonds is 10. The first-order valence-electron chi connectivity index (χ1n) is 10.7. The topological polar surface area (TPSA) is 12.5 Å². The van der Waals surface area contributed by atoms with Gasteiger partial charge in [-0.25, -0.2) is 0 Å². The van der Waals surface area contributed by atoms with Crippen LogP contribution in [0.25, 0.3) is 0 Å². The maximum atomic E-state index is 5.97. The van der Waals surface area contributed by atoms with Crippen LogP contribution in [-0.2, 0) is 6.42 Å².